The van der Waals surface area contributed by atoms with Gasteiger partial charge in [-0.1, -0.05) is 12.1 Å². The molecule has 0 bridgehead atoms. The quantitative estimate of drug-likeness (QED) is 0.762. The molecule has 1 aromatic rings. The van der Waals surface area contributed by atoms with Gasteiger partial charge in [0.15, 0.2) is 0 Å². The molecule has 0 spiro atoms. The fourth-order valence-electron chi connectivity index (χ4n) is 2.60. The normalized spacial score (nSPS) is 15.4. The molecule has 1 heterocycles. The van der Waals surface area contributed by atoms with Crippen LogP contribution in [0.15, 0.2) is 24.3 Å². The monoisotopic (exact) mass is 335 g/mol. The zero-order valence-corrected chi connectivity index (χ0v) is 13.8. The van der Waals surface area contributed by atoms with Crippen molar-refractivity contribution < 1.29 is 13.2 Å². The summed E-state index contributed by atoms with van der Waals surface area (Å²) in [4.78, 5) is 13.4. The number of likely N-dealkylation sites (tertiary alicyclic amines) is 1. The van der Waals surface area contributed by atoms with Gasteiger partial charge in [-0.15, -0.1) is 0 Å². The summed E-state index contributed by atoms with van der Waals surface area (Å²) >= 11 is 0. The molecule has 7 heteroatoms. The molecule has 1 fully saturated rings. The van der Waals surface area contributed by atoms with Crippen LogP contribution in [-0.4, -0.2) is 38.9 Å². The Kier molecular flexibility index (Phi) is 6.13. The predicted molar refractivity (Wildman–Crippen MR) is 86.8 cm³/mol. The summed E-state index contributed by atoms with van der Waals surface area (Å²) in [5.74, 6) is 0.0120. The number of rotatable bonds is 7. The molecule has 1 N–H and O–H groups in total. The standard InChI is InChI=1S/C16H21N3O3S/c17-12-14-5-3-6-15(11-14)13-23(21,22)18-8-4-10-19-9-2-1-7-16(19)20/h3,5-6,11,18H,1-2,4,7-10,13H2. The Hall–Kier alpha value is -1.91. The molecule has 23 heavy (non-hydrogen) atoms. The number of carbonyl (C=O) groups excluding carboxylic acids is 1. The van der Waals surface area contributed by atoms with Gasteiger partial charge >= 0.3 is 0 Å². The number of sulfonamides is 1. The molecule has 1 aliphatic rings. The van der Waals surface area contributed by atoms with E-state index < -0.39 is 10.0 Å². The Bertz CT molecular complexity index is 695. The van der Waals surface area contributed by atoms with Crippen molar-refractivity contribution in [2.75, 3.05) is 19.6 Å². The van der Waals surface area contributed by atoms with E-state index in [0.717, 1.165) is 19.4 Å². The van der Waals surface area contributed by atoms with E-state index in [2.05, 4.69) is 4.72 Å². The van der Waals surface area contributed by atoms with Crippen LogP contribution in [0.1, 0.15) is 36.8 Å². The first-order valence-corrected chi connectivity index (χ1v) is 9.39. The lowest BCUT2D eigenvalue weighted by molar-refractivity contribution is -0.133. The Morgan fingerprint density at radius 1 is 1.30 bits per heavy atom. The number of nitrogens with one attached hydrogen (secondary N) is 1. The van der Waals surface area contributed by atoms with Crippen molar-refractivity contribution in [3.05, 3.63) is 35.4 Å². The van der Waals surface area contributed by atoms with Crippen molar-refractivity contribution in [1.29, 1.82) is 5.26 Å². The van der Waals surface area contributed by atoms with Crippen molar-refractivity contribution in [1.82, 2.24) is 9.62 Å². The molecule has 0 saturated carbocycles. The molecule has 0 aromatic heterocycles. The van der Waals surface area contributed by atoms with E-state index in [1.165, 1.54) is 0 Å². The molecule has 0 aliphatic carbocycles. The van der Waals surface area contributed by atoms with Gasteiger partial charge in [0.1, 0.15) is 0 Å². The van der Waals surface area contributed by atoms with Crippen LogP contribution in [0.3, 0.4) is 0 Å². The zero-order chi connectivity index (χ0) is 16.7. The first-order chi connectivity index (χ1) is 11.0. The second-order valence-electron chi connectivity index (χ2n) is 5.66. The molecular formula is C16H21N3O3S. The van der Waals surface area contributed by atoms with E-state index in [4.69, 9.17) is 5.26 Å². The van der Waals surface area contributed by atoms with Gasteiger partial charge in [0, 0.05) is 26.1 Å². The molecule has 1 amide bonds. The fraction of sp³-hybridized carbons (Fsp3) is 0.500. The van der Waals surface area contributed by atoms with Gasteiger partial charge in [-0.05, 0) is 37.0 Å². The number of piperidine rings is 1. The summed E-state index contributed by atoms with van der Waals surface area (Å²) in [6.45, 7) is 1.67. The van der Waals surface area contributed by atoms with E-state index in [1.54, 1.807) is 29.2 Å². The van der Waals surface area contributed by atoms with Gasteiger partial charge in [-0.2, -0.15) is 5.26 Å². The first-order valence-electron chi connectivity index (χ1n) is 7.74. The maximum Gasteiger partial charge on any atom is 0.222 e. The van der Waals surface area contributed by atoms with Gasteiger partial charge in [0.25, 0.3) is 0 Å². The second kappa shape index (κ2) is 8.09. The number of nitriles is 1. The lowest BCUT2D eigenvalue weighted by atomic mass is 10.1. The van der Waals surface area contributed by atoms with E-state index in [1.807, 2.05) is 6.07 Å². The van der Waals surface area contributed by atoms with Crippen molar-refractivity contribution in [2.24, 2.45) is 0 Å². The third kappa shape index (κ3) is 5.66. The molecule has 6 nitrogen and oxygen atoms in total. The predicted octanol–water partition coefficient (Wildman–Crippen LogP) is 1.38. The lowest BCUT2D eigenvalue weighted by Gasteiger charge is -2.26. The van der Waals surface area contributed by atoms with Gasteiger partial charge in [-0.25, -0.2) is 13.1 Å². The van der Waals surface area contributed by atoms with E-state index in [0.29, 0.717) is 37.1 Å². The number of amides is 1. The fourth-order valence-corrected chi connectivity index (χ4v) is 3.77. The topological polar surface area (TPSA) is 90.3 Å². The van der Waals surface area contributed by atoms with E-state index in [-0.39, 0.29) is 11.7 Å². The highest BCUT2D eigenvalue weighted by Gasteiger charge is 2.17. The molecular weight excluding hydrogens is 314 g/mol. The lowest BCUT2D eigenvalue weighted by Crippen LogP contribution is -2.37. The minimum absolute atomic E-state index is 0.148. The second-order valence-corrected chi connectivity index (χ2v) is 7.46. The number of carbonyl (C=O) groups is 1. The third-order valence-corrected chi connectivity index (χ3v) is 5.12. The van der Waals surface area contributed by atoms with Crippen LogP contribution < -0.4 is 4.72 Å². The van der Waals surface area contributed by atoms with E-state index in [9.17, 15) is 13.2 Å². The highest BCUT2D eigenvalue weighted by atomic mass is 32.2. The average molecular weight is 335 g/mol. The molecule has 1 aliphatic heterocycles. The van der Waals surface area contributed by atoms with Crippen LogP contribution in [-0.2, 0) is 20.6 Å². The molecule has 1 aromatic carbocycles. The number of hydrogen-bond donors (Lipinski definition) is 1. The molecule has 124 valence electrons. The summed E-state index contributed by atoms with van der Waals surface area (Å²) in [7, 11) is -3.44. The highest BCUT2D eigenvalue weighted by molar-refractivity contribution is 7.88. The van der Waals surface area contributed by atoms with Crippen LogP contribution in [0.4, 0.5) is 0 Å². The van der Waals surface area contributed by atoms with Crippen LogP contribution in [0.2, 0.25) is 0 Å². The SMILES string of the molecule is N#Cc1cccc(CS(=O)(=O)NCCCN2CCCCC2=O)c1. The first kappa shape index (κ1) is 17.4. The molecule has 0 atom stereocenters. The molecule has 1 saturated heterocycles. The summed E-state index contributed by atoms with van der Waals surface area (Å²) in [6, 6.07) is 8.57. The Labute approximate surface area is 137 Å². The largest absolute Gasteiger partial charge is 0.343 e. The summed E-state index contributed by atoms with van der Waals surface area (Å²) in [5, 5.41) is 8.83. The van der Waals surface area contributed by atoms with E-state index >= 15 is 0 Å². The molecule has 0 radical (unpaired) electrons. The van der Waals surface area contributed by atoms with Gasteiger partial charge in [0.05, 0.1) is 17.4 Å². The summed E-state index contributed by atoms with van der Waals surface area (Å²) in [5.41, 5.74) is 1.03. The smallest absolute Gasteiger partial charge is 0.222 e. The maximum atomic E-state index is 12.0. The third-order valence-electron chi connectivity index (χ3n) is 3.76. The van der Waals surface area contributed by atoms with Crippen LogP contribution >= 0.6 is 0 Å². The average Bonchev–Trinajstić information content (AvgIpc) is 2.53. The maximum absolute atomic E-state index is 12.0. The van der Waals surface area contributed by atoms with Crippen LogP contribution in [0, 0.1) is 11.3 Å². The minimum Gasteiger partial charge on any atom is -0.343 e. The van der Waals surface area contributed by atoms with Crippen molar-refractivity contribution in [3.8, 4) is 6.07 Å². The Balaban J connectivity index is 1.77. The Morgan fingerprint density at radius 2 is 2.13 bits per heavy atom. The molecule has 2 rings (SSSR count). The summed E-state index contributed by atoms with van der Waals surface area (Å²) < 4.78 is 26.6. The van der Waals surface area contributed by atoms with Gasteiger partial charge in [-0.3, -0.25) is 4.79 Å². The Morgan fingerprint density at radius 3 is 2.87 bits per heavy atom. The molecule has 0 unspecified atom stereocenters. The minimum atomic E-state index is -3.44. The van der Waals surface area contributed by atoms with Gasteiger partial charge in [0.2, 0.25) is 15.9 Å². The number of hydrogen-bond acceptors (Lipinski definition) is 4. The van der Waals surface area contributed by atoms with Crippen molar-refractivity contribution in [3.63, 3.8) is 0 Å². The zero-order valence-electron chi connectivity index (χ0n) is 13.0. The number of benzene rings is 1. The highest BCUT2D eigenvalue weighted by Crippen LogP contribution is 2.11. The van der Waals surface area contributed by atoms with Crippen molar-refractivity contribution in [2.45, 2.75) is 31.4 Å². The van der Waals surface area contributed by atoms with Crippen LogP contribution in [0.5, 0.6) is 0 Å². The number of nitrogens with zero attached hydrogens (tertiary/aromatic N) is 2. The summed E-state index contributed by atoms with van der Waals surface area (Å²) in [6.07, 6.45) is 3.17. The van der Waals surface area contributed by atoms with Crippen molar-refractivity contribution >= 4 is 15.9 Å². The van der Waals surface area contributed by atoms with Crippen LogP contribution in [0.25, 0.3) is 0 Å². The van der Waals surface area contributed by atoms with Gasteiger partial charge < -0.3 is 4.90 Å².